The van der Waals surface area contributed by atoms with E-state index in [1.807, 2.05) is 20.8 Å². The van der Waals surface area contributed by atoms with Gasteiger partial charge in [-0.15, -0.1) is 0 Å². The van der Waals surface area contributed by atoms with Crippen molar-refractivity contribution < 1.29 is 19.1 Å². The Morgan fingerprint density at radius 1 is 1.43 bits per heavy atom. The van der Waals surface area contributed by atoms with Gasteiger partial charge in [-0.1, -0.05) is 20.8 Å². The lowest BCUT2D eigenvalue weighted by molar-refractivity contribution is -0.179. The lowest BCUT2D eigenvalue weighted by Crippen LogP contribution is -2.44. The molecule has 0 radical (unpaired) electrons. The molecule has 0 heterocycles. The Morgan fingerprint density at radius 2 is 1.93 bits per heavy atom. The van der Waals surface area contributed by atoms with Gasteiger partial charge in [0.05, 0.1) is 0 Å². The van der Waals surface area contributed by atoms with Crippen molar-refractivity contribution in [1.82, 2.24) is 0 Å². The highest BCUT2D eigenvalue weighted by Crippen LogP contribution is 2.18. The third-order valence-corrected chi connectivity index (χ3v) is 1.72. The Hall–Kier alpha value is -1.10. The summed E-state index contributed by atoms with van der Waals surface area (Å²) >= 11 is 0. The molecule has 0 saturated heterocycles. The van der Waals surface area contributed by atoms with E-state index in [1.165, 1.54) is 6.92 Å². The zero-order valence-electron chi connectivity index (χ0n) is 8.94. The zero-order chi connectivity index (χ0) is 11.4. The summed E-state index contributed by atoms with van der Waals surface area (Å²) in [6, 6.07) is -0.736. The predicted octanol–water partition coefficient (Wildman–Crippen LogP) is 0.422. The number of hydrogen-bond donors (Lipinski definition) is 1. The lowest BCUT2D eigenvalue weighted by Gasteiger charge is -2.25. The van der Waals surface area contributed by atoms with Crippen LogP contribution in [0.5, 0.6) is 0 Å². The summed E-state index contributed by atoms with van der Waals surface area (Å²) < 4.78 is 9.16. The summed E-state index contributed by atoms with van der Waals surface area (Å²) in [5.74, 6) is -0.577. The van der Waals surface area contributed by atoms with E-state index >= 15 is 0 Å². The second-order valence-electron chi connectivity index (χ2n) is 4.08. The highest BCUT2D eigenvalue weighted by atomic mass is 16.7. The van der Waals surface area contributed by atoms with E-state index in [0.29, 0.717) is 0 Å². The summed E-state index contributed by atoms with van der Waals surface area (Å²) in [6.45, 7) is 7.14. The maximum atomic E-state index is 11.3. The maximum absolute atomic E-state index is 11.3. The van der Waals surface area contributed by atoms with E-state index in [0.717, 1.165) is 0 Å². The fraction of sp³-hybridized carbons (Fsp3) is 0.778. The number of carbonyl (C=O) groups excluding carboxylic acids is 2. The van der Waals surface area contributed by atoms with Crippen molar-refractivity contribution >= 4 is 12.4 Å². The molecule has 0 saturated carbocycles. The highest BCUT2D eigenvalue weighted by molar-refractivity contribution is 5.76. The minimum Gasteiger partial charge on any atom is -0.428 e. The normalized spacial score (nSPS) is 15.5. The summed E-state index contributed by atoms with van der Waals surface area (Å²) in [4.78, 5) is 21.3. The molecule has 2 atom stereocenters. The largest absolute Gasteiger partial charge is 0.428 e. The molecule has 14 heavy (non-hydrogen) atoms. The van der Waals surface area contributed by atoms with E-state index < -0.39 is 18.3 Å². The van der Waals surface area contributed by atoms with E-state index in [4.69, 9.17) is 10.5 Å². The number of carbonyl (C=O) groups is 2. The molecule has 2 N–H and O–H groups in total. The van der Waals surface area contributed by atoms with E-state index in [-0.39, 0.29) is 11.9 Å². The summed E-state index contributed by atoms with van der Waals surface area (Å²) in [6.07, 6.45) is -0.895. The van der Waals surface area contributed by atoms with Crippen molar-refractivity contribution in [2.75, 3.05) is 0 Å². The molecule has 0 aromatic heterocycles. The fourth-order valence-corrected chi connectivity index (χ4v) is 0.696. The van der Waals surface area contributed by atoms with Gasteiger partial charge in [0.25, 0.3) is 6.47 Å². The molecule has 0 unspecified atom stereocenters. The number of rotatable bonds is 4. The van der Waals surface area contributed by atoms with Gasteiger partial charge in [-0.05, 0) is 5.41 Å². The van der Waals surface area contributed by atoms with Crippen LogP contribution in [-0.2, 0) is 19.1 Å². The average Bonchev–Trinajstić information content (AvgIpc) is 2.01. The molecule has 82 valence electrons. The minimum atomic E-state index is -0.895. The van der Waals surface area contributed by atoms with Gasteiger partial charge < -0.3 is 15.2 Å². The third kappa shape index (κ3) is 4.23. The summed E-state index contributed by atoms with van der Waals surface area (Å²) in [7, 11) is 0. The molecular formula is C9H17NO4. The average molecular weight is 203 g/mol. The number of esters is 1. The molecule has 0 aliphatic carbocycles. The first-order valence-electron chi connectivity index (χ1n) is 4.34. The van der Waals surface area contributed by atoms with Crippen LogP contribution in [0.3, 0.4) is 0 Å². The van der Waals surface area contributed by atoms with Crippen molar-refractivity contribution in [2.45, 2.75) is 40.0 Å². The fourth-order valence-electron chi connectivity index (χ4n) is 0.696. The molecule has 5 heteroatoms. The molecule has 0 aromatic carbocycles. The Labute approximate surface area is 83.5 Å². The standard InChI is InChI=1S/C9H17NO4/c1-6(13-5-11)14-8(12)7(10)9(2,3)4/h5-7H,10H2,1-4H3/t6-,7-/m1/s1. The van der Waals surface area contributed by atoms with Crippen molar-refractivity contribution in [2.24, 2.45) is 11.1 Å². The minimum absolute atomic E-state index is 0.223. The SMILES string of the molecule is C[C@H](OC=O)OC(=O)[C@@H](N)C(C)(C)C. The number of nitrogens with two attached hydrogens (primary N) is 1. The van der Waals surface area contributed by atoms with Gasteiger partial charge in [-0.2, -0.15) is 0 Å². The van der Waals surface area contributed by atoms with E-state index in [2.05, 4.69) is 4.74 Å². The number of hydrogen-bond acceptors (Lipinski definition) is 5. The molecule has 0 bridgehead atoms. The highest BCUT2D eigenvalue weighted by Gasteiger charge is 2.29. The topological polar surface area (TPSA) is 78.6 Å². The van der Waals surface area contributed by atoms with Gasteiger partial charge in [0.15, 0.2) is 0 Å². The first kappa shape index (κ1) is 12.9. The van der Waals surface area contributed by atoms with Crippen LogP contribution in [0.25, 0.3) is 0 Å². The van der Waals surface area contributed by atoms with Gasteiger partial charge in [-0.3, -0.25) is 9.59 Å². The van der Waals surface area contributed by atoms with E-state index in [9.17, 15) is 9.59 Å². The van der Waals surface area contributed by atoms with Crippen LogP contribution >= 0.6 is 0 Å². The Morgan fingerprint density at radius 3 is 2.29 bits per heavy atom. The first-order valence-corrected chi connectivity index (χ1v) is 4.34. The van der Waals surface area contributed by atoms with Gasteiger partial charge in [-0.25, -0.2) is 0 Å². The third-order valence-electron chi connectivity index (χ3n) is 1.72. The molecule has 0 aliphatic heterocycles. The Bertz CT molecular complexity index is 209. The molecule has 5 nitrogen and oxygen atoms in total. The lowest BCUT2D eigenvalue weighted by atomic mass is 9.87. The van der Waals surface area contributed by atoms with Crippen molar-refractivity contribution in [3.05, 3.63) is 0 Å². The monoisotopic (exact) mass is 203 g/mol. The van der Waals surface area contributed by atoms with Crippen LogP contribution in [-0.4, -0.2) is 24.8 Å². The van der Waals surface area contributed by atoms with Gasteiger partial charge in [0.2, 0.25) is 6.29 Å². The molecule has 0 aliphatic rings. The van der Waals surface area contributed by atoms with Crippen LogP contribution < -0.4 is 5.73 Å². The zero-order valence-corrected chi connectivity index (χ0v) is 8.94. The number of ether oxygens (including phenoxy) is 2. The molecule has 0 rings (SSSR count). The van der Waals surface area contributed by atoms with Crippen LogP contribution in [0.4, 0.5) is 0 Å². The van der Waals surface area contributed by atoms with Gasteiger partial charge in [0.1, 0.15) is 6.04 Å². The van der Waals surface area contributed by atoms with Gasteiger partial charge in [0, 0.05) is 6.92 Å². The molecule has 0 spiro atoms. The summed E-state index contributed by atoms with van der Waals surface area (Å²) in [5.41, 5.74) is 5.24. The van der Waals surface area contributed by atoms with E-state index in [1.54, 1.807) is 0 Å². The molecule has 0 aromatic rings. The summed E-state index contributed by atoms with van der Waals surface area (Å²) in [5, 5.41) is 0. The first-order chi connectivity index (χ1) is 6.29. The Balaban J connectivity index is 4.15. The van der Waals surface area contributed by atoms with Crippen LogP contribution in [0.2, 0.25) is 0 Å². The van der Waals surface area contributed by atoms with Crippen LogP contribution in [0, 0.1) is 5.41 Å². The molecular weight excluding hydrogens is 186 g/mol. The second kappa shape index (κ2) is 4.95. The van der Waals surface area contributed by atoms with Crippen molar-refractivity contribution in [3.8, 4) is 0 Å². The smallest absolute Gasteiger partial charge is 0.326 e. The van der Waals surface area contributed by atoms with Gasteiger partial charge >= 0.3 is 5.97 Å². The van der Waals surface area contributed by atoms with Crippen LogP contribution in [0.1, 0.15) is 27.7 Å². The second-order valence-corrected chi connectivity index (χ2v) is 4.08. The Kier molecular flexibility index (Phi) is 4.56. The molecule has 0 amide bonds. The van der Waals surface area contributed by atoms with Crippen molar-refractivity contribution in [1.29, 1.82) is 0 Å². The maximum Gasteiger partial charge on any atom is 0.326 e. The predicted molar refractivity (Wildman–Crippen MR) is 50.1 cm³/mol. The van der Waals surface area contributed by atoms with Crippen molar-refractivity contribution in [3.63, 3.8) is 0 Å². The quantitative estimate of drug-likeness (QED) is 0.407. The van der Waals surface area contributed by atoms with Crippen LogP contribution in [0.15, 0.2) is 0 Å². The molecule has 0 fully saturated rings.